The third kappa shape index (κ3) is 4.28. The number of nitrogens with two attached hydrogens (primary N) is 1. The molecule has 1 amide bonds. The standard InChI is InChI=1S/C4H7BrN2O3/c5-3(4(6)10)7-1-2(8)9/h3,7H,1H2,(H2,6,10)(H,8,9). The summed E-state index contributed by atoms with van der Waals surface area (Å²) in [5.41, 5.74) is 4.78. The predicted octanol–water partition coefficient (Wildman–Crippen LogP) is -1.13. The molecule has 0 heterocycles. The third-order valence-corrected chi connectivity index (χ3v) is 1.46. The summed E-state index contributed by atoms with van der Waals surface area (Å²) in [6.07, 6.45) is 0. The maximum Gasteiger partial charge on any atom is 0.317 e. The zero-order chi connectivity index (χ0) is 8.15. The van der Waals surface area contributed by atoms with Crippen molar-refractivity contribution in [3.63, 3.8) is 0 Å². The molecule has 1 unspecified atom stereocenters. The molecule has 0 saturated heterocycles. The first-order valence-electron chi connectivity index (χ1n) is 2.42. The van der Waals surface area contributed by atoms with Crippen LogP contribution in [0.25, 0.3) is 0 Å². The lowest BCUT2D eigenvalue weighted by molar-refractivity contribution is -0.136. The molecule has 0 aliphatic rings. The summed E-state index contributed by atoms with van der Waals surface area (Å²) in [5.74, 6) is -1.67. The fourth-order valence-corrected chi connectivity index (χ4v) is 0.439. The summed E-state index contributed by atoms with van der Waals surface area (Å²) in [7, 11) is 0. The van der Waals surface area contributed by atoms with Crippen LogP contribution in [0.4, 0.5) is 0 Å². The molecule has 0 aromatic carbocycles. The van der Waals surface area contributed by atoms with Crippen LogP contribution in [0.5, 0.6) is 0 Å². The Bertz CT molecular complexity index is 149. The smallest absolute Gasteiger partial charge is 0.317 e. The molecular weight excluding hydrogens is 204 g/mol. The van der Waals surface area contributed by atoms with Gasteiger partial charge in [0.15, 0.2) is 0 Å². The fourth-order valence-electron chi connectivity index (χ4n) is 0.278. The number of carboxylic acid groups (broad SMARTS) is 1. The molecular formula is C4H7BrN2O3. The number of nitrogens with one attached hydrogen (secondary N) is 1. The summed E-state index contributed by atoms with van der Waals surface area (Å²) < 4.78 is 0. The molecule has 0 rings (SSSR count). The Morgan fingerprint density at radius 2 is 2.20 bits per heavy atom. The minimum Gasteiger partial charge on any atom is -0.480 e. The molecule has 0 aromatic rings. The highest BCUT2D eigenvalue weighted by Gasteiger charge is 2.09. The Hall–Kier alpha value is -0.620. The topological polar surface area (TPSA) is 92.4 Å². The normalized spacial score (nSPS) is 12.5. The Labute approximate surface area is 65.7 Å². The largest absolute Gasteiger partial charge is 0.480 e. The number of carbonyl (C=O) groups is 2. The number of carboxylic acids is 1. The molecule has 0 aliphatic heterocycles. The molecule has 0 spiro atoms. The Balaban J connectivity index is 3.49. The zero-order valence-electron chi connectivity index (χ0n) is 5.00. The van der Waals surface area contributed by atoms with E-state index in [2.05, 4.69) is 21.2 Å². The molecule has 58 valence electrons. The van der Waals surface area contributed by atoms with Crippen molar-refractivity contribution in [3.05, 3.63) is 0 Å². The summed E-state index contributed by atoms with van der Waals surface area (Å²) in [6.45, 7) is -0.293. The molecule has 10 heavy (non-hydrogen) atoms. The van der Waals surface area contributed by atoms with Crippen molar-refractivity contribution in [2.75, 3.05) is 6.54 Å². The molecule has 5 nitrogen and oxygen atoms in total. The van der Waals surface area contributed by atoms with E-state index in [-0.39, 0.29) is 6.54 Å². The van der Waals surface area contributed by atoms with Gasteiger partial charge >= 0.3 is 5.97 Å². The van der Waals surface area contributed by atoms with E-state index >= 15 is 0 Å². The molecule has 0 fully saturated rings. The quantitative estimate of drug-likeness (QED) is 0.405. The fraction of sp³-hybridized carbons (Fsp3) is 0.500. The zero-order valence-corrected chi connectivity index (χ0v) is 6.59. The number of hydrogen-bond donors (Lipinski definition) is 3. The minimum atomic E-state index is -1.04. The van der Waals surface area contributed by atoms with E-state index in [1.165, 1.54) is 0 Å². The van der Waals surface area contributed by atoms with Crippen molar-refractivity contribution in [1.82, 2.24) is 5.32 Å². The number of aliphatic carboxylic acids is 1. The monoisotopic (exact) mass is 210 g/mol. The van der Waals surface area contributed by atoms with Crippen molar-refractivity contribution >= 4 is 27.8 Å². The van der Waals surface area contributed by atoms with Crippen LogP contribution in [0.3, 0.4) is 0 Å². The van der Waals surface area contributed by atoms with Crippen LogP contribution in [0.1, 0.15) is 0 Å². The van der Waals surface area contributed by atoms with Gasteiger partial charge < -0.3 is 10.8 Å². The molecule has 0 aliphatic carbocycles. The maximum atomic E-state index is 10.2. The average Bonchev–Trinajstić information content (AvgIpc) is 1.82. The van der Waals surface area contributed by atoms with Gasteiger partial charge in [-0.3, -0.25) is 14.9 Å². The van der Waals surface area contributed by atoms with E-state index in [1.807, 2.05) is 0 Å². The van der Waals surface area contributed by atoms with E-state index < -0.39 is 16.8 Å². The Morgan fingerprint density at radius 1 is 1.70 bits per heavy atom. The summed E-state index contributed by atoms with van der Waals surface area (Å²) >= 11 is 2.82. The first-order chi connectivity index (χ1) is 4.54. The van der Waals surface area contributed by atoms with Crippen molar-refractivity contribution in [3.8, 4) is 0 Å². The van der Waals surface area contributed by atoms with Crippen LogP contribution in [0, 0.1) is 0 Å². The number of carbonyl (C=O) groups excluding carboxylic acids is 1. The van der Waals surface area contributed by atoms with Crippen molar-refractivity contribution < 1.29 is 14.7 Å². The molecule has 0 radical (unpaired) electrons. The Morgan fingerprint density at radius 3 is 2.50 bits per heavy atom. The SMILES string of the molecule is NC(=O)C(Br)NCC(=O)O. The van der Waals surface area contributed by atoms with Gasteiger partial charge in [0.25, 0.3) is 0 Å². The van der Waals surface area contributed by atoms with Crippen molar-refractivity contribution in [2.24, 2.45) is 5.73 Å². The third-order valence-electron chi connectivity index (χ3n) is 0.682. The number of primary amides is 1. The van der Waals surface area contributed by atoms with E-state index in [1.54, 1.807) is 0 Å². The summed E-state index contributed by atoms with van der Waals surface area (Å²) in [5, 5.41) is 10.4. The van der Waals surface area contributed by atoms with Gasteiger partial charge in [0, 0.05) is 0 Å². The highest BCUT2D eigenvalue weighted by atomic mass is 79.9. The number of amides is 1. The van der Waals surface area contributed by atoms with Gasteiger partial charge in [-0.2, -0.15) is 0 Å². The van der Waals surface area contributed by atoms with Crippen LogP contribution in [-0.4, -0.2) is 28.5 Å². The highest BCUT2D eigenvalue weighted by Crippen LogP contribution is 1.90. The number of halogens is 1. The van der Waals surface area contributed by atoms with Gasteiger partial charge in [-0.05, 0) is 0 Å². The van der Waals surface area contributed by atoms with Crippen LogP contribution < -0.4 is 11.1 Å². The van der Waals surface area contributed by atoms with Gasteiger partial charge in [0.2, 0.25) is 5.91 Å². The average molecular weight is 211 g/mol. The lowest BCUT2D eigenvalue weighted by Gasteiger charge is -2.03. The van der Waals surface area contributed by atoms with E-state index in [0.717, 1.165) is 0 Å². The van der Waals surface area contributed by atoms with Crippen LogP contribution in [0.2, 0.25) is 0 Å². The number of hydrogen-bond acceptors (Lipinski definition) is 3. The lowest BCUT2D eigenvalue weighted by Crippen LogP contribution is -2.38. The summed E-state index contributed by atoms with van der Waals surface area (Å²) in [6, 6.07) is 0. The predicted molar refractivity (Wildman–Crippen MR) is 37.5 cm³/mol. The minimum absolute atomic E-state index is 0.293. The Kier molecular flexibility index (Phi) is 3.97. The second-order valence-electron chi connectivity index (χ2n) is 1.54. The second-order valence-corrected chi connectivity index (χ2v) is 2.46. The van der Waals surface area contributed by atoms with Crippen LogP contribution in [-0.2, 0) is 9.59 Å². The van der Waals surface area contributed by atoms with Crippen molar-refractivity contribution in [2.45, 2.75) is 4.95 Å². The van der Waals surface area contributed by atoms with Crippen LogP contribution >= 0.6 is 15.9 Å². The first-order valence-corrected chi connectivity index (χ1v) is 3.34. The molecule has 0 saturated carbocycles. The first kappa shape index (κ1) is 9.38. The molecule has 0 aromatic heterocycles. The number of rotatable bonds is 4. The maximum absolute atomic E-state index is 10.2. The van der Waals surface area contributed by atoms with E-state index in [0.29, 0.717) is 0 Å². The van der Waals surface area contributed by atoms with Gasteiger partial charge in [0.1, 0.15) is 4.95 Å². The molecule has 4 N–H and O–H groups in total. The number of alkyl halides is 1. The molecule has 1 atom stereocenters. The van der Waals surface area contributed by atoms with Gasteiger partial charge in [-0.1, -0.05) is 15.9 Å². The second kappa shape index (κ2) is 4.24. The molecule has 0 bridgehead atoms. The van der Waals surface area contributed by atoms with Crippen molar-refractivity contribution in [1.29, 1.82) is 0 Å². The lowest BCUT2D eigenvalue weighted by atomic mass is 10.5. The van der Waals surface area contributed by atoms with E-state index in [9.17, 15) is 9.59 Å². The van der Waals surface area contributed by atoms with E-state index in [4.69, 9.17) is 10.8 Å². The van der Waals surface area contributed by atoms with Gasteiger partial charge in [-0.25, -0.2) is 0 Å². The van der Waals surface area contributed by atoms with Crippen LogP contribution in [0.15, 0.2) is 0 Å². The van der Waals surface area contributed by atoms with Gasteiger partial charge in [0.05, 0.1) is 6.54 Å². The van der Waals surface area contributed by atoms with Gasteiger partial charge in [-0.15, -0.1) is 0 Å². The highest BCUT2D eigenvalue weighted by molar-refractivity contribution is 9.09. The molecule has 6 heteroatoms. The summed E-state index contributed by atoms with van der Waals surface area (Å²) in [4.78, 5) is 19.3.